The van der Waals surface area contributed by atoms with Gasteiger partial charge in [0, 0.05) is 5.56 Å². The molecule has 0 saturated carbocycles. The van der Waals surface area contributed by atoms with Crippen molar-refractivity contribution in [2.24, 2.45) is 0 Å². The van der Waals surface area contributed by atoms with E-state index in [0.29, 0.717) is 0 Å². The van der Waals surface area contributed by atoms with Crippen molar-refractivity contribution in [1.29, 1.82) is 0 Å². The van der Waals surface area contributed by atoms with Crippen molar-refractivity contribution in [2.75, 3.05) is 7.11 Å². The molecule has 0 radical (unpaired) electrons. The second-order valence-corrected chi connectivity index (χ2v) is 13.4. The SMILES string of the molecule is COc1ccccc1[C@@H](N[S@](=O)C(C)(C)C)c1ccccc1P(c1ccccc1)c1ccccc1. The van der Waals surface area contributed by atoms with Gasteiger partial charge in [0.2, 0.25) is 0 Å². The third kappa shape index (κ3) is 5.90. The lowest BCUT2D eigenvalue weighted by Gasteiger charge is -2.30. The minimum atomic E-state index is -1.29. The first-order valence-electron chi connectivity index (χ1n) is 11.7. The molecule has 0 bridgehead atoms. The molecule has 3 nitrogen and oxygen atoms in total. The Balaban J connectivity index is 1.94. The fraction of sp³-hybridized carbons (Fsp3) is 0.200. The summed E-state index contributed by atoms with van der Waals surface area (Å²) < 4.78 is 22.2. The monoisotopic (exact) mass is 501 g/mol. The maximum Gasteiger partial charge on any atom is 0.124 e. The Morgan fingerprint density at radius 1 is 0.714 bits per heavy atom. The predicted octanol–water partition coefficient (Wildman–Crippen LogP) is 5.59. The number of hydrogen-bond donors (Lipinski definition) is 1. The number of methoxy groups -OCH3 is 1. The zero-order valence-corrected chi connectivity index (χ0v) is 22.4. The Kier molecular flexibility index (Phi) is 8.18. The Labute approximate surface area is 212 Å². The molecule has 0 unspecified atom stereocenters. The van der Waals surface area contributed by atoms with E-state index in [9.17, 15) is 4.21 Å². The molecule has 0 amide bonds. The smallest absolute Gasteiger partial charge is 0.124 e. The highest BCUT2D eigenvalue weighted by atomic mass is 32.2. The zero-order valence-electron chi connectivity index (χ0n) is 20.6. The lowest BCUT2D eigenvalue weighted by molar-refractivity contribution is 0.407. The molecule has 4 aromatic rings. The van der Waals surface area contributed by atoms with Gasteiger partial charge in [-0.05, 0) is 56.2 Å². The van der Waals surface area contributed by atoms with Crippen molar-refractivity contribution in [2.45, 2.75) is 31.6 Å². The van der Waals surface area contributed by atoms with Crippen LogP contribution in [0.1, 0.15) is 37.9 Å². The molecular weight excluding hydrogens is 469 g/mol. The Morgan fingerprint density at radius 3 is 1.74 bits per heavy atom. The fourth-order valence-electron chi connectivity index (χ4n) is 4.00. The lowest BCUT2D eigenvalue weighted by atomic mass is 9.98. The summed E-state index contributed by atoms with van der Waals surface area (Å²) in [7, 11) is -0.440. The van der Waals surface area contributed by atoms with E-state index in [1.807, 2.05) is 39.0 Å². The summed E-state index contributed by atoms with van der Waals surface area (Å²) in [5.41, 5.74) is 2.07. The molecule has 0 aliphatic rings. The zero-order chi connectivity index (χ0) is 24.8. The van der Waals surface area contributed by atoms with Crippen molar-refractivity contribution >= 4 is 34.8 Å². The van der Waals surface area contributed by atoms with E-state index in [1.54, 1.807) is 7.11 Å². The summed E-state index contributed by atoms with van der Waals surface area (Å²) in [4.78, 5) is 0. The van der Waals surface area contributed by atoms with Gasteiger partial charge in [-0.3, -0.25) is 0 Å². The molecule has 0 saturated heterocycles. The maximum absolute atomic E-state index is 13.4. The third-order valence-electron chi connectivity index (χ3n) is 5.75. The molecule has 0 spiro atoms. The van der Waals surface area contributed by atoms with E-state index in [2.05, 4.69) is 95.7 Å². The van der Waals surface area contributed by atoms with E-state index in [0.717, 1.165) is 16.9 Å². The van der Waals surface area contributed by atoms with Crippen LogP contribution in [0.2, 0.25) is 0 Å². The second kappa shape index (κ2) is 11.3. The van der Waals surface area contributed by atoms with Crippen LogP contribution in [0.4, 0.5) is 0 Å². The first-order chi connectivity index (χ1) is 16.9. The molecule has 0 aliphatic carbocycles. The van der Waals surface area contributed by atoms with Crippen LogP contribution in [-0.4, -0.2) is 16.1 Å². The molecule has 0 fully saturated rings. The number of hydrogen-bond acceptors (Lipinski definition) is 2. The molecule has 4 aromatic carbocycles. The van der Waals surface area contributed by atoms with Gasteiger partial charge in [-0.15, -0.1) is 0 Å². The topological polar surface area (TPSA) is 38.3 Å². The van der Waals surface area contributed by atoms with E-state index in [4.69, 9.17) is 4.74 Å². The van der Waals surface area contributed by atoms with E-state index in [1.165, 1.54) is 15.9 Å². The van der Waals surface area contributed by atoms with Crippen LogP contribution in [0.3, 0.4) is 0 Å². The fourth-order valence-corrected chi connectivity index (χ4v) is 7.31. The van der Waals surface area contributed by atoms with Gasteiger partial charge in [0.05, 0.1) is 28.9 Å². The van der Waals surface area contributed by atoms with Crippen molar-refractivity contribution < 1.29 is 8.95 Å². The molecular formula is C30H32NO2PS. The van der Waals surface area contributed by atoms with Gasteiger partial charge < -0.3 is 4.74 Å². The van der Waals surface area contributed by atoms with E-state index >= 15 is 0 Å². The van der Waals surface area contributed by atoms with Gasteiger partial charge >= 0.3 is 0 Å². The molecule has 180 valence electrons. The molecule has 4 rings (SSSR count). The molecule has 2 atom stereocenters. The van der Waals surface area contributed by atoms with Gasteiger partial charge in [-0.1, -0.05) is 103 Å². The summed E-state index contributed by atoms with van der Waals surface area (Å²) in [6.07, 6.45) is 0. The molecule has 5 heteroatoms. The second-order valence-electron chi connectivity index (χ2n) is 9.24. The molecule has 0 heterocycles. The van der Waals surface area contributed by atoms with Gasteiger partial charge in [0.1, 0.15) is 5.75 Å². The molecule has 0 aromatic heterocycles. The first-order valence-corrected chi connectivity index (χ1v) is 14.2. The van der Waals surface area contributed by atoms with E-state index in [-0.39, 0.29) is 6.04 Å². The largest absolute Gasteiger partial charge is 0.496 e. The summed E-state index contributed by atoms with van der Waals surface area (Å²) in [5.74, 6) is 0.773. The summed E-state index contributed by atoms with van der Waals surface area (Å²) in [6, 6.07) is 37.5. The van der Waals surface area contributed by atoms with E-state index < -0.39 is 23.7 Å². The van der Waals surface area contributed by atoms with Crippen LogP contribution >= 0.6 is 7.92 Å². The van der Waals surface area contributed by atoms with Crippen LogP contribution in [0.15, 0.2) is 109 Å². The van der Waals surface area contributed by atoms with Crippen molar-refractivity contribution in [1.82, 2.24) is 4.72 Å². The minimum absolute atomic E-state index is 0.306. The summed E-state index contributed by atoms with van der Waals surface area (Å²) >= 11 is 0. The first kappa shape index (κ1) is 25.3. The van der Waals surface area contributed by atoms with Crippen LogP contribution in [0, 0.1) is 0 Å². The summed E-state index contributed by atoms with van der Waals surface area (Å²) in [6.45, 7) is 5.96. The standard InChI is InChI=1S/C30H32NO2PS/c1-30(2,3)35(32)31-29(25-19-11-13-21-27(25)33-4)26-20-12-14-22-28(26)34(23-15-7-5-8-16-23)24-17-9-6-10-18-24/h5-22,29,31H,1-4H3/t29-,35-/m1/s1. The normalized spacial score (nSPS) is 13.4. The number of nitrogens with one attached hydrogen (secondary N) is 1. The highest BCUT2D eigenvalue weighted by Gasteiger charge is 2.30. The van der Waals surface area contributed by atoms with Crippen molar-refractivity contribution in [3.05, 3.63) is 120 Å². The minimum Gasteiger partial charge on any atom is -0.496 e. The van der Waals surface area contributed by atoms with Crippen molar-refractivity contribution in [3.63, 3.8) is 0 Å². The average Bonchev–Trinajstić information content (AvgIpc) is 2.88. The Bertz CT molecular complexity index is 1230. The molecule has 35 heavy (non-hydrogen) atoms. The van der Waals surface area contributed by atoms with Crippen LogP contribution < -0.4 is 25.4 Å². The van der Waals surface area contributed by atoms with Crippen LogP contribution in [0.5, 0.6) is 5.75 Å². The highest BCUT2D eigenvalue weighted by Crippen LogP contribution is 2.38. The maximum atomic E-state index is 13.4. The Hall–Kier alpha value is -2.78. The molecule has 0 aliphatic heterocycles. The predicted molar refractivity (Wildman–Crippen MR) is 151 cm³/mol. The lowest BCUT2D eigenvalue weighted by Crippen LogP contribution is -2.38. The van der Waals surface area contributed by atoms with Crippen LogP contribution in [0.25, 0.3) is 0 Å². The number of para-hydroxylation sites is 1. The van der Waals surface area contributed by atoms with Crippen molar-refractivity contribution in [3.8, 4) is 5.75 Å². The van der Waals surface area contributed by atoms with Gasteiger partial charge in [0.25, 0.3) is 0 Å². The van der Waals surface area contributed by atoms with Gasteiger partial charge in [-0.25, -0.2) is 8.93 Å². The third-order valence-corrected chi connectivity index (χ3v) is 9.83. The molecule has 1 N–H and O–H groups in total. The number of ether oxygens (including phenoxy) is 1. The number of rotatable bonds is 8. The number of benzene rings is 4. The quantitative estimate of drug-likeness (QED) is 0.320. The average molecular weight is 502 g/mol. The highest BCUT2D eigenvalue weighted by molar-refractivity contribution is 7.84. The van der Waals surface area contributed by atoms with Gasteiger partial charge in [-0.2, -0.15) is 0 Å². The van der Waals surface area contributed by atoms with Gasteiger partial charge in [0.15, 0.2) is 0 Å². The summed E-state index contributed by atoms with van der Waals surface area (Å²) in [5, 5.41) is 3.78. The Morgan fingerprint density at radius 2 is 1.20 bits per heavy atom. The van der Waals surface area contributed by atoms with Crippen LogP contribution in [-0.2, 0) is 11.0 Å².